The monoisotopic (exact) mass is 343 g/mol. The molecule has 0 spiro atoms. The lowest BCUT2D eigenvalue weighted by molar-refractivity contribution is -0.145. The van der Waals surface area contributed by atoms with Crippen LogP contribution in [-0.4, -0.2) is 46.5 Å². The van der Waals surface area contributed by atoms with Crippen molar-refractivity contribution < 1.29 is 14.3 Å². The van der Waals surface area contributed by atoms with Gasteiger partial charge in [-0.3, -0.25) is 9.59 Å². The lowest BCUT2D eigenvalue weighted by atomic mass is 10.1. The van der Waals surface area contributed by atoms with E-state index in [-0.39, 0.29) is 17.8 Å². The summed E-state index contributed by atoms with van der Waals surface area (Å²) in [6.07, 6.45) is 6.16. The maximum Gasteiger partial charge on any atom is 0.310 e. The van der Waals surface area contributed by atoms with Gasteiger partial charge in [-0.15, -0.1) is 0 Å². The van der Waals surface area contributed by atoms with E-state index in [4.69, 9.17) is 4.74 Å². The van der Waals surface area contributed by atoms with E-state index in [2.05, 4.69) is 4.98 Å². The third-order valence-corrected chi connectivity index (χ3v) is 4.05. The predicted molar refractivity (Wildman–Crippen MR) is 95.1 cm³/mol. The summed E-state index contributed by atoms with van der Waals surface area (Å²) in [4.78, 5) is 30.4. The Balaban J connectivity index is 2.06. The molecular weight excluding hydrogens is 318 g/mol. The quantitative estimate of drug-likeness (QED) is 0.691. The first-order valence-corrected chi connectivity index (χ1v) is 8.40. The Kier molecular flexibility index (Phi) is 6.74. The molecule has 1 amide bonds. The highest BCUT2D eigenvalue weighted by Gasteiger charge is 2.22. The molecule has 2 rings (SSSR count). The van der Waals surface area contributed by atoms with E-state index < -0.39 is 0 Å². The van der Waals surface area contributed by atoms with E-state index in [9.17, 15) is 9.59 Å². The highest BCUT2D eigenvalue weighted by Crippen LogP contribution is 2.12. The van der Waals surface area contributed by atoms with Crippen molar-refractivity contribution in [1.29, 1.82) is 0 Å². The Labute approximate surface area is 148 Å². The van der Waals surface area contributed by atoms with Crippen LogP contribution in [0.25, 0.3) is 0 Å². The van der Waals surface area contributed by atoms with Crippen molar-refractivity contribution in [3.8, 4) is 0 Å². The lowest BCUT2D eigenvalue weighted by Crippen LogP contribution is -2.38. The number of hydrogen-bond acceptors (Lipinski definition) is 4. The summed E-state index contributed by atoms with van der Waals surface area (Å²) in [5.41, 5.74) is 1.67. The Hall–Kier alpha value is -2.63. The number of aromatic nitrogens is 2. The number of esters is 1. The molecule has 1 aromatic heterocycles. The molecule has 0 aliphatic carbocycles. The van der Waals surface area contributed by atoms with E-state index in [1.54, 1.807) is 30.4 Å². The van der Waals surface area contributed by atoms with Gasteiger partial charge in [0.1, 0.15) is 0 Å². The highest BCUT2D eigenvalue weighted by atomic mass is 16.5. The summed E-state index contributed by atoms with van der Waals surface area (Å²) in [7, 11) is 1.37. The highest BCUT2D eigenvalue weighted by molar-refractivity contribution is 5.94. The van der Waals surface area contributed by atoms with Crippen LogP contribution in [0.5, 0.6) is 0 Å². The SMILES string of the molecule is COC(=O)C(C)CN(CCCn1ccnc1)C(=O)c1cccc(C)c1. The zero-order chi connectivity index (χ0) is 18.2. The second-order valence-electron chi connectivity index (χ2n) is 6.20. The second kappa shape index (κ2) is 9.01. The van der Waals surface area contributed by atoms with Gasteiger partial charge in [0.2, 0.25) is 0 Å². The summed E-state index contributed by atoms with van der Waals surface area (Å²) < 4.78 is 6.76. The fraction of sp³-hybridized carbons (Fsp3) is 0.421. The lowest BCUT2D eigenvalue weighted by Gasteiger charge is -2.25. The Morgan fingerprint density at radius 2 is 2.16 bits per heavy atom. The van der Waals surface area contributed by atoms with Gasteiger partial charge in [0.05, 0.1) is 19.4 Å². The van der Waals surface area contributed by atoms with Gasteiger partial charge in [0.15, 0.2) is 0 Å². The summed E-state index contributed by atoms with van der Waals surface area (Å²) in [5, 5.41) is 0. The molecule has 2 aromatic rings. The maximum atomic E-state index is 12.9. The molecule has 1 atom stereocenters. The van der Waals surface area contributed by atoms with Crippen molar-refractivity contribution >= 4 is 11.9 Å². The largest absolute Gasteiger partial charge is 0.469 e. The number of amides is 1. The number of ether oxygens (including phenoxy) is 1. The molecule has 0 saturated carbocycles. The van der Waals surface area contributed by atoms with Gasteiger partial charge >= 0.3 is 5.97 Å². The van der Waals surface area contributed by atoms with Crippen molar-refractivity contribution in [3.63, 3.8) is 0 Å². The van der Waals surface area contributed by atoms with Gasteiger partial charge in [0.25, 0.3) is 5.91 Å². The molecule has 25 heavy (non-hydrogen) atoms. The van der Waals surface area contributed by atoms with E-state index in [0.29, 0.717) is 18.7 Å². The van der Waals surface area contributed by atoms with Crippen molar-refractivity contribution in [2.75, 3.05) is 20.2 Å². The normalized spacial score (nSPS) is 11.8. The van der Waals surface area contributed by atoms with Gasteiger partial charge in [-0.05, 0) is 25.5 Å². The maximum absolute atomic E-state index is 12.9. The van der Waals surface area contributed by atoms with Crippen molar-refractivity contribution in [2.24, 2.45) is 5.92 Å². The van der Waals surface area contributed by atoms with Crippen LogP contribution >= 0.6 is 0 Å². The molecule has 0 aliphatic heterocycles. The number of benzene rings is 1. The van der Waals surface area contributed by atoms with Gasteiger partial charge in [-0.2, -0.15) is 0 Å². The summed E-state index contributed by atoms with van der Waals surface area (Å²) in [6.45, 7) is 5.40. The van der Waals surface area contributed by atoms with Crippen LogP contribution < -0.4 is 0 Å². The standard InChI is InChI=1S/C19H25N3O3/c1-15-6-4-7-17(12-15)18(23)22(13-16(2)19(24)25-3)10-5-9-21-11-8-20-14-21/h4,6-8,11-12,14,16H,5,9-10,13H2,1-3H3. The number of rotatable bonds is 8. The Morgan fingerprint density at radius 3 is 2.80 bits per heavy atom. The molecule has 6 nitrogen and oxygen atoms in total. The van der Waals surface area contributed by atoms with Crippen LogP contribution in [0.4, 0.5) is 0 Å². The molecule has 0 aliphatic rings. The smallest absolute Gasteiger partial charge is 0.310 e. The summed E-state index contributed by atoms with van der Waals surface area (Å²) in [5.74, 6) is -0.742. The fourth-order valence-corrected chi connectivity index (χ4v) is 2.71. The number of carbonyl (C=O) groups is 2. The minimum absolute atomic E-state index is 0.0647. The van der Waals surface area contributed by atoms with Crippen LogP contribution in [0.15, 0.2) is 43.0 Å². The first kappa shape index (κ1) is 18.7. The van der Waals surface area contributed by atoms with Crippen molar-refractivity contribution in [3.05, 3.63) is 54.1 Å². The van der Waals surface area contributed by atoms with Crippen LogP contribution in [0.3, 0.4) is 0 Å². The number of nitrogens with zero attached hydrogens (tertiary/aromatic N) is 3. The first-order valence-electron chi connectivity index (χ1n) is 8.40. The summed E-state index contributed by atoms with van der Waals surface area (Å²) in [6, 6.07) is 7.50. The molecule has 0 bridgehead atoms. The van der Waals surface area contributed by atoms with E-state index in [1.807, 2.05) is 35.9 Å². The minimum atomic E-state index is -0.369. The van der Waals surface area contributed by atoms with E-state index in [1.165, 1.54) is 7.11 Å². The van der Waals surface area contributed by atoms with Gasteiger partial charge < -0.3 is 14.2 Å². The van der Waals surface area contributed by atoms with Gasteiger partial charge in [-0.1, -0.05) is 24.6 Å². The number of imidazole rings is 1. The molecule has 6 heteroatoms. The average molecular weight is 343 g/mol. The molecule has 0 N–H and O–H groups in total. The molecule has 1 aromatic carbocycles. The number of hydrogen-bond donors (Lipinski definition) is 0. The number of carbonyl (C=O) groups excluding carboxylic acids is 2. The van der Waals surface area contributed by atoms with Crippen LogP contribution in [-0.2, 0) is 16.1 Å². The number of aryl methyl sites for hydroxylation is 2. The topological polar surface area (TPSA) is 64.4 Å². The van der Waals surface area contributed by atoms with Crippen LogP contribution in [0.1, 0.15) is 29.3 Å². The van der Waals surface area contributed by atoms with Gasteiger partial charge in [-0.25, -0.2) is 4.98 Å². The second-order valence-corrected chi connectivity index (χ2v) is 6.20. The third kappa shape index (κ3) is 5.45. The van der Waals surface area contributed by atoms with Crippen molar-refractivity contribution in [2.45, 2.75) is 26.8 Å². The van der Waals surface area contributed by atoms with E-state index in [0.717, 1.165) is 18.5 Å². The fourth-order valence-electron chi connectivity index (χ4n) is 2.71. The molecule has 0 radical (unpaired) electrons. The molecular formula is C19H25N3O3. The molecule has 1 unspecified atom stereocenters. The van der Waals surface area contributed by atoms with Crippen LogP contribution in [0, 0.1) is 12.8 Å². The minimum Gasteiger partial charge on any atom is -0.469 e. The summed E-state index contributed by atoms with van der Waals surface area (Å²) >= 11 is 0. The number of methoxy groups -OCH3 is 1. The first-order chi connectivity index (χ1) is 12.0. The molecule has 0 fully saturated rings. The zero-order valence-electron chi connectivity index (χ0n) is 15.0. The molecule has 1 heterocycles. The van der Waals surface area contributed by atoms with Crippen molar-refractivity contribution in [1.82, 2.24) is 14.5 Å². The zero-order valence-corrected chi connectivity index (χ0v) is 15.0. The molecule has 134 valence electrons. The predicted octanol–water partition coefficient (Wildman–Crippen LogP) is 2.53. The molecule has 0 saturated heterocycles. The van der Waals surface area contributed by atoms with E-state index >= 15 is 0 Å². The third-order valence-electron chi connectivity index (χ3n) is 4.05. The van der Waals surface area contributed by atoms with Crippen LogP contribution in [0.2, 0.25) is 0 Å². The van der Waals surface area contributed by atoms with Gasteiger partial charge in [0, 0.05) is 37.6 Å². The Bertz CT molecular complexity index is 698. The Morgan fingerprint density at radius 1 is 1.36 bits per heavy atom. The average Bonchev–Trinajstić information content (AvgIpc) is 3.12.